The molecule has 0 N–H and O–H groups in total. The third kappa shape index (κ3) is 2.49. The molecule has 0 radical (unpaired) electrons. The Kier molecular flexibility index (Phi) is 3.23. The predicted molar refractivity (Wildman–Crippen MR) is 57.1 cm³/mol. The predicted octanol–water partition coefficient (Wildman–Crippen LogP) is 2.06. The Balaban J connectivity index is 1.95. The first-order valence-electron chi connectivity index (χ1n) is 5.19. The van der Waals surface area contributed by atoms with E-state index >= 15 is 0 Å². The lowest BCUT2D eigenvalue weighted by molar-refractivity contribution is -0.0685. The Morgan fingerprint density at radius 2 is 2.00 bits per heavy atom. The topological polar surface area (TPSA) is 27.7 Å². The molecule has 1 fully saturated rings. The van der Waals surface area contributed by atoms with Gasteiger partial charge >= 0.3 is 0 Å². The molecule has 15 heavy (non-hydrogen) atoms. The van der Waals surface area contributed by atoms with Crippen LogP contribution in [0.3, 0.4) is 0 Å². The van der Waals surface area contributed by atoms with Crippen LogP contribution in [-0.2, 0) is 9.47 Å². The summed E-state index contributed by atoms with van der Waals surface area (Å²) in [5.41, 5.74) is 2.41. The van der Waals surface area contributed by atoms with Crippen LogP contribution in [0.4, 0.5) is 0 Å². The SMILES string of the molecule is Cc1cccc(OCC2OCCO2)c1C. The molecule has 1 saturated heterocycles. The molecule has 3 heteroatoms. The van der Waals surface area contributed by atoms with Crippen LogP contribution in [0.5, 0.6) is 5.75 Å². The molecule has 0 bridgehead atoms. The van der Waals surface area contributed by atoms with Gasteiger partial charge in [0.25, 0.3) is 0 Å². The van der Waals surface area contributed by atoms with E-state index in [2.05, 4.69) is 19.9 Å². The Labute approximate surface area is 90.0 Å². The molecule has 0 spiro atoms. The van der Waals surface area contributed by atoms with Gasteiger partial charge < -0.3 is 14.2 Å². The van der Waals surface area contributed by atoms with Crippen molar-refractivity contribution in [2.75, 3.05) is 19.8 Å². The van der Waals surface area contributed by atoms with Crippen molar-refractivity contribution in [3.8, 4) is 5.75 Å². The van der Waals surface area contributed by atoms with Crippen molar-refractivity contribution in [1.29, 1.82) is 0 Å². The quantitative estimate of drug-likeness (QED) is 0.761. The normalized spacial score (nSPS) is 16.9. The van der Waals surface area contributed by atoms with E-state index in [1.165, 1.54) is 11.1 Å². The molecule has 1 heterocycles. The first kappa shape index (κ1) is 10.5. The van der Waals surface area contributed by atoms with Gasteiger partial charge in [0.1, 0.15) is 12.4 Å². The molecule has 0 amide bonds. The Bertz CT molecular complexity index is 330. The van der Waals surface area contributed by atoms with Crippen LogP contribution in [0.1, 0.15) is 11.1 Å². The smallest absolute Gasteiger partial charge is 0.191 e. The summed E-state index contributed by atoms with van der Waals surface area (Å²) in [7, 11) is 0. The van der Waals surface area contributed by atoms with Gasteiger partial charge in [-0.1, -0.05) is 12.1 Å². The van der Waals surface area contributed by atoms with Gasteiger partial charge in [0, 0.05) is 0 Å². The molecule has 82 valence electrons. The third-order valence-corrected chi connectivity index (χ3v) is 2.62. The van der Waals surface area contributed by atoms with Crippen LogP contribution in [0.2, 0.25) is 0 Å². The fourth-order valence-corrected chi connectivity index (χ4v) is 1.54. The van der Waals surface area contributed by atoms with Gasteiger partial charge in [0.2, 0.25) is 0 Å². The highest BCUT2D eigenvalue weighted by Crippen LogP contribution is 2.21. The zero-order valence-corrected chi connectivity index (χ0v) is 9.16. The summed E-state index contributed by atoms with van der Waals surface area (Å²) in [6.07, 6.45) is -0.204. The number of hydrogen-bond acceptors (Lipinski definition) is 3. The molecule has 2 rings (SSSR count). The number of benzene rings is 1. The largest absolute Gasteiger partial charge is 0.488 e. The van der Waals surface area contributed by atoms with Gasteiger partial charge in [-0.05, 0) is 31.0 Å². The first-order chi connectivity index (χ1) is 7.27. The molecule has 0 atom stereocenters. The van der Waals surface area contributed by atoms with Crippen LogP contribution in [0, 0.1) is 13.8 Å². The van der Waals surface area contributed by atoms with Gasteiger partial charge in [0.05, 0.1) is 13.2 Å². The number of aryl methyl sites for hydroxylation is 1. The van der Waals surface area contributed by atoms with Crippen LogP contribution in [0.25, 0.3) is 0 Å². The van der Waals surface area contributed by atoms with Gasteiger partial charge in [-0.3, -0.25) is 0 Å². The number of hydrogen-bond donors (Lipinski definition) is 0. The Hall–Kier alpha value is -1.06. The first-order valence-corrected chi connectivity index (χ1v) is 5.19. The Morgan fingerprint density at radius 3 is 2.73 bits per heavy atom. The second-order valence-electron chi connectivity index (χ2n) is 3.68. The van der Waals surface area contributed by atoms with Crippen molar-refractivity contribution < 1.29 is 14.2 Å². The molecule has 1 aromatic rings. The van der Waals surface area contributed by atoms with Crippen molar-refractivity contribution in [2.24, 2.45) is 0 Å². The standard InChI is InChI=1S/C12H16O3/c1-9-4-3-5-11(10(9)2)15-8-12-13-6-7-14-12/h3-5,12H,6-8H2,1-2H3. The van der Waals surface area contributed by atoms with Crippen molar-refractivity contribution in [2.45, 2.75) is 20.1 Å². The maximum Gasteiger partial charge on any atom is 0.191 e. The van der Waals surface area contributed by atoms with Crippen molar-refractivity contribution in [3.05, 3.63) is 29.3 Å². The highest BCUT2D eigenvalue weighted by Gasteiger charge is 2.16. The van der Waals surface area contributed by atoms with Crippen molar-refractivity contribution in [3.63, 3.8) is 0 Å². The Morgan fingerprint density at radius 1 is 1.27 bits per heavy atom. The summed E-state index contributed by atoms with van der Waals surface area (Å²) >= 11 is 0. The number of rotatable bonds is 3. The highest BCUT2D eigenvalue weighted by molar-refractivity contribution is 5.38. The van der Waals surface area contributed by atoms with Crippen molar-refractivity contribution in [1.82, 2.24) is 0 Å². The molecule has 1 aliphatic rings. The summed E-state index contributed by atoms with van der Waals surface area (Å²) in [5, 5.41) is 0. The lowest BCUT2D eigenvalue weighted by atomic mass is 10.1. The summed E-state index contributed by atoms with van der Waals surface area (Å²) in [6.45, 7) is 5.93. The van der Waals surface area contributed by atoms with Gasteiger partial charge in [-0.2, -0.15) is 0 Å². The van der Waals surface area contributed by atoms with Crippen LogP contribution in [-0.4, -0.2) is 26.1 Å². The minimum absolute atomic E-state index is 0.204. The molecule has 3 nitrogen and oxygen atoms in total. The van der Waals surface area contributed by atoms with E-state index in [4.69, 9.17) is 14.2 Å². The van der Waals surface area contributed by atoms with E-state index in [0.29, 0.717) is 19.8 Å². The third-order valence-electron chi connectivity index (χ3n) is 2.62. The zero-order valence-electron chi connectivity index (χ0n) is 9.16. The van der Waals surface area contributed by atoms with Gasteiger partial charge in [-0.25, -0.2) is 0 Å². The molecular formula is C12H16O3. The highest BCUT2D eigenvalue weighted by atomic mass is 16.7. The minimum atomic E-state index is -0.204. The van der Waals surface area contributed by atoms with Crippen molar-refractivity contribution >= 4 is 0 Å². The second kappa shape index (κ2) is 4.64. The summed E-state index contributed by atoms with van der Waals surface area (Å²) in [6, 6.07) is 6.04. The summed E-state index contributed by atoms with van der Waals surface area (Å²) in [5.74, 6) is 0.911. The van der Waals surface area contributed by atoms with E-state index in [1.54, 1.807) is 0 Å². The van der Waals surface area contributed by atoms with Crippen LogP contribution in [0.15, 0.2) is 18.2 Å². The second-order valence-corrected chi connectivity index (χ2v) is 3.68. The van der Waals surface area contributed by atoms with Gasteiger partial charge in [-0.15, -0.1) is 0 Å². The number of ether oxygens (including phenoxy) is 3. The van der Waals surface area contributed by atoms with Crippen LogP contribution < -0.4 is 4.74 Å². The molecule has 0 aliphatic carbocycles. The summed E-state index contributed by atoms with van der Waals surface area (Å²) in [4.78, 5) is 0. The van der Waals surface area contributed by atoms with E-state index < -0.39 is 0 Å². The average Bonchev–Trinajstić information content (AvgIpc) is 2.73. The van der Waals surface area contributed by atoms with E-state index in [9.17, 15) is 0 Å². The van der Waals surface area contributed by atoms with E-state index in [0.717, 1.165) is 5.75 Å². The molecule has 1 aliphatic heterocycles. The fraction of sp³-hybridized carbons (Fsp3) is 0.500. The molecule has 1 aromatic carbocycles. The monoisotopic (exact) mass is 208 g/mol. The fourth-order valence-electron chi connectivity index (χ4n) is 1.54. The maximum atomic E-state index is 5.65. The molecule has 0 saturated carbocycles. The minimum Gasteiger partial charge on any atom is -0.488 e. The van der Waals surface area contributed by atoms with Gasteiger partial charge in [0.15, 0.2) is 6.29 Å². The average molecular weight is 208 g/mol. The maximum absolute atomic E-state index is 5.65. The zero-order chi connectivity index (χ0) is 10.7. The molecule has 0 aromatic heterocycles. The summed E-state index contributed by atoms with van der Waals surface area (Å²) < 4.78 is 16.2. The molecular weight excluding hydrogens is 192 g/mol. The van der Waals surface area contributed by atoms with E-state index in [-0.39, 0.29) is 6.29 Å². The van der Waals surface area contributed by atoms with E-state index in [1.807, 2.05) is 12.1 Å². The van der Waals surface area contributed by atoms with Crippen LogP contribution >= 0.6 is 0 Å². The molecule has 0 unspecified atom stereocenters. The lowest BCUT2D eigenvalue weighted by Crippen LogP contribution is -2.18. The lowest BCUT2D eigenvalue weighted by Gasteiger charge is -2.13.